The van der Waals surface area contributed by atoms with E-state index in [0.29, 0.717) is 5.56 Å². The van der Waals surface area contributed by atoms with E-state index in [1.165, 1.54) is 12.8 Å². The van der Waals surface area contributed by atoms with Crippen LogP contribution in [0.2, 0.25) is 0 Å². The first-order valence-electron chi connectivity index (χ1n) is 5.68. The fraction of sp³-hybridized carbons (Fsp3) is 0.417. The second-order valence-electron chi connectivity index (χ2n) is 4.20. The van der Waals surface area contributed by atoms with Crippen molar-refractivity contribution in [2.75, 3.05) is 0 Å². The van der Waals surface area contributed by atoms with Crippen LogP contribution in [0.5, 0.6) is 0 Å². The lowest BCUT2D eigenvalue weighted by atomic mass is 10.2. The van der Waals surface area contributed by atoms with Gasteiger partial charge in [-0.3, -0.25) is 9.63 Å². The lowest BCUT2D eigenvalue weighted by Crippen LogP contribution is -2.29. The van der Waals surface area contributed by atoms with E-state index in [1.807, 2.05) is 6.07 Å². The molecule has 1 aliphatic carbocycles. The van der Waals surface area contributed by atoms with Crippen LogP contribution in [0.15, 0.2) is 12.1 Å². The molecule has 0 radical (unpaired) electrons. The largest absolute Gasteiger partial charge is 0.275 e. The van der Waals surface area contributed by atoms with Gasteiger partial charge in [0.25, 0.3) is 5.91 Å². The minimum atomic E-state index is -0.150. The van der Waals surface area contributed by atoms with Crippen LogP contribution >= 0.6 is 67.8 Å². The van der Waals surface area contributed by atoms with Crippen molar-refractivity contribution in [1.29, 1.82) is 0 Å². The predicted molar refractivity (Wildman–Crippen MR) is 95.4 cm³/mol. The Morgan fingerprint density at radius 1 is 1.22 bits per heavy atom. The lowest BCUT2D eigenvalue weighted by molar-refractivity contribution is -0.0125. The van der Waals surface area contributed by atoms with Crippen molar-refractivity contribution in [1.82, 2.24) is 5.48 Å². The van der Waals surface area contributed by atoms with Gasteiger partial charge in [0.15, 0.2) is 0 Å². The van der Waals surface area contributed by atoms with E-state index in [1.54, 1.807) is 0 Å². The molecule has 1 amide bonds. The number of benzene rings is 1. The fourth-order valence-electron chi connectivity index (χ4n) is 1.92. The second-order valence-corrected chi connectivity index (χ2v) is 7.69. The van der Waals surface area contributed by atoms with Crippen molar-refractivity contribution in [3.05, 3.63) is 28.4 Å². The molecule has 0 bridgehead atoms. The number of halogens is 3. The van der Waals surface area contributed by atoms with Crippen LogP contribution in [-0.4, -0.2) is 12.0 Å². The van der Waals surface area contributed by atoms with Crippen LogP contribution in [0.3, 0.4) is 0 Å². The van der Waals surface area contributed by atoms with E-state index in [0.717, 1.165) is 23.6 Å². The molecule has 18 heavy (non-hydrogen) atoms. The first-order chi connectivity index (χ1) is 8.58. The predicted octanol–water partition coefficient (Wildman–Crippen LogP) is 4.10. The Hall–Kier alpha value is 0.840. The number of rotatable bonds is 3. The van der Waals surface area contributed by atoms with Gasteiger partial charge < -0.3 is 0 Å². The normalized spacial score (nSPS) is 15.9. The summed E-state index contributed by atoms with van der Waals surface area (Å²) in [5, 5.41) is 0. The molecule has 0 atom stereocenters. The Morgan fingerprint density at radius 2 is 1.89 bits per heavy atom. The smallest absolute Gasteiger partial charge is 0.270 e. The van der Waals surface area contributed by atoms with E-state index in [9.17, 15) is 4.79 Å². The Morgan fingerprint density at radius 3 is 2.56 bits per heavy atom. The maximum atomic E-state index is 12.1. The van der Waals surface area contributed by atoms with E-state index >= 15 is 0 Å². The molecule has 3 nitrogen and oxygen atoms in total. The highest BCUT2D eigenvalue weighted by molar-refractivity contribution is 14.1. The van der Waals surface area contributed by atoms with Crippen LogP contribution in [0, 0.1) is 10.7 Å². The van der Waals surface area contributed by atoms with Gasteiger partial charge in [0.05, 0.1) is 11.7 Å². The van der Waals surface area contributed by atoms with Gasteiger partial charge in [-0.15, -0.1) is 0 Å². The Balaban J connectivity index is 2.04. The number of hydrogen-bond donors (Lipinski definition) is 1. The monoisotopic (exact) mass is 583 g/mol. The maximum Gasteiger partial charge on any atom is 0.275 e. The van der Waals surface area contributed by atoms with Gasteiger partial charge in [0.1, 0.15) is 0 Å². The number of hydrogen-bond acceptors (Lipinski definition) is 2. The summed E-state index contributed by atoms with van der Waals surface area (Å²) in [5.74, 6) is -0.150. The molecule has 6 heteroatoms. The Bertz CT molecular complexity index is 459. The Labute approximate surface area is 147 Å². The first kappa shape index (κ1) is 15.2. The second kappa shape index (κ2) is 7.02. The van der Waals surface area contributed by atoms with Crippen molar-refractivity contribution in [2.24, 2.45) is 0 Å². The third-order valence-electron chi connectivity index (χ3n) is 2.86. The molecule has 2 rings (SSSR count). The van der Waals surface area contributed by atoms with Gasteiger partial charge in [0, 0.05) is 10.7 Å². The highest BCUT2D eigenvalue weighted by Crippen LogP contribution is 2.23. The molecule has 1 N–H and O–H groups in total. The molecule has 0 aromatic heterocycles. The molecule has 1 aromatic carbocycles. The summed E-state index contributed by atoms with van der Waals surface area (Å²) >= 11 is 6.66. The highest BCUT2D eigenvalue weighted by atomic mass is 127. The van der Waals surface area contributed by atoms with E-state index in [4.69, 9.17) is 4.84 Å². The first-order valence-corrected chi connectivity index (χ1v) is 8.92. The minimum Gasteiger partial charge on any atom is -0.270 e. The number of carbonyl (C=O) groups excluding carboxylic acids is 1. The van der Waals surface area contributed by atoms with Crippen molar-refractivity contribution in [3.8, 4) is 0 Å². The summed E-state index contributed by atoms with van der Waals surface area (Å²) in [7, 11) is 0. The van der Waals surface area contributed by atoms with Gasteiger partial charge in [-0.2, -0.15) is 0 Å². The van der Waals surface area contributed by atoms with Gasteiger partial charge in [-0.25, -0.2) is 5.48 Å². The summed E-state index contributed by atoms with van der Waals surface area (Å²) < 4.78 is 3.12. The molecule has 0 heterocycles. The van der Waals surface area contributed by atoms with Crippen molar-refractivity contribution in [2.45, 2.75) is 31.8 Å². The molecule has 0 aliphatic heterocycles. The molecule has 1 fully saturated rings. The zero-order valence-corrected chi connectivity index (χ0v) is 16.0. The van der Waals surface area contributed by atoms with Gasteiger partial charge in [-0.05, 0) is 92.7 Å². The van der Waals surface area contributed by atoms with Crippen LogP contribution in [0.25, 0.3) is 0 Å². The van der Waals surface area contributed by atoms with Gasteiger partial charge >= 0.3 is 0 Å². The van der Waals surface area contributed by atoms with Crippen molar-refractivity contribution in [3.63, 3.8) is 0 Å². The molecular formula is C12H12I3NO2. The SMILES string of the molecule is O=C(NOC1CCCC1)c1cc(I)cc(I)c1I. The fourth-order valence-corrected chi connectivity index (χ4v) is 4.32. The number of hydroxylamine groups is 1. The van der Waals surface area contributed by atoms with E-state index in [2.05, 4.69) is 79.3 Å². The molecule has 1 aliphatic rings. The summed E-state index contributed by atoms with van der Waals surface area (Å²) in [5.41, 5.74) is 3.27. The molecule has 0 unspecified atom stereocenters. The zero-order valence-electron chi connectivity index (χ0n) is 9.51. The minimum absolute atomic E-state index is 0.150. The number of amides is 1. The lowest BCUT2D eigenvalue weighted by Gasteiger charge is -2.12. The summed E-state index contributed by atoms with van der Waals surface area (Å²) in [6, 6.07) is 3.94. The molecule has 0 spiro atoms. The highest BCUT2D eigenvalue weighted by Gasteiger charge is 2.19. The average molecular weight is 583 g/mol. The standard InChI is InChI=1S/C12H12I3NO2/c13-7-5-9(11(15)10(14)6-7)12(17)16-18-8-3-1-2-4-8/h5-6,8H,1-4H2,(H,16,17). The summed E-state index contributed by atoms with van der Waals surface area (Å²) in [4.78, 5) is 17.5. The molecule has 1 saturated carbocycles. The topological polar surface area (TPSA) is 38.3 Å². The summed E-state index contributed by atoms with van der Waals surface area (Å²) in [6.07, 6.45) is 4.66. The average Bonchev–Trinajstić information content (AvgIpc) is 2.83. The zero-order chi connectivity index (χ0) is 13.1. The van der Waals surface area contributed by atoms with Crippen molar-refractivity contribution < 1.29 is 9.63 Å². The van der Waals surface area contributed by atoms with E-state index < -0.39 is 0 Å². The van der Waals surface area contributed by atoms with Gasteiger partial charge in [0.2, 0.25) is 0 Å². The van der Waals surface area contributed by atoms with E-state index in [-0.39, 0.29) is 12.0 Å². The number of carbonyl (C=O) groups is 1. The maximum absolute atomic E-state index is 12.1. The third kappa shape index (κ3) is 3.92. The van der Waals surface area contributed by atoms with Gasteiger partial charge in [-0.1, -0.05) is 12.8 Å². The molecule has 1 aromatic rings. The molecule has 98 valence electrons. The third-order valence-corrected chi connectivity index (χ3v) is 6.53. The van der Waals surface area contributed by atoms with Crippen molar-refractivity contribution >= 4 is 73.7 Å². The van der Waals surface area contributed by atoms with Crippen LogP contribution in [0.4, 0.5) is 0 Å². The Kier molecular flexibility index (Phi) is 5.94. The van der Waals surface area contributed by atoms with Crippen LogP contribution in [0.1, 0.15) is 36.0 Å². The molecular weight excluding hydrogens is 571 g/mol. The quantitative estimate of drug-likeness (QED) is 0.331. The number of nitrogens with one attached hydrogen (secondary N) is 1. The molecule has 0 saturated heterocycles. The van der Waals surface area contributed by atoms with Crippen LogP contribution < -0.4 is 5.48 Å². The summed E-state index contributed by atoms with van der Waals surface area (Å²) in [6.45, 7) is 0. The van der Waals surface area contributed by atoms with Crippen LogP contribution in [-0.2, 0) is 4.84 Å².